The van der Waals surface area contributed by atoms with Crippen LogP contribution in [0.15, 0.2) is 52.0 Å². The van der Waals surface area contributed by atoms with Crippen LogP contribution < -0.4 is 5.43 Å². The average Bonchev–Trinajstić information content (AvgIpc) is 2.48. The van der Waals surface area contributed by atoms with Crippen molar-refractivity contribution in [1.29, 1.82) is 0 Å². The van der Waals surface area contributed by atoms with Gasteiger partial charge in [-0.3, -0.25) is 14.9 Å². The van der Waals surface area contributed by atoms with Crippen molar-refractivity contribution in [2.24, 2.45) is 5.10 Å². The van der Waals surface area contributed by atoms with Crippen LogP contribution >= 0.6 is 15.9 Å². The number of nitro groups is 1. The van der Waals surface area contributed by atoms with Crippen molar-refractivity contribution in [2.45, 2.75) is 6.92 Å². The second-order valence-corrected chi connectivity index (χ2v) is 5.42. The fraction of sp³-hybridized carbons (Fsp3) is 0.0667. The molecule has 2 aromatic rings. The highest BCUT2D eigenvalue weighted by Gasteiger charge is 2.13. The van der Waals surface area contributed by atoms with Gasteiger partial charge in [0.2, 0.25) is 0 Å². The predicted molar refractivity (Wildman–Crippen MR) is 87.0 cm³/mol. The summed E-state index contributed by atoms with van der Waals surface area (Å²) in [6, 6.07) is 11.6. The third-order valence-electron chi connectivity index (χ3n) is 2.91. The molecule has 0 aliphatic carbocycles. The van der Waals surface area contributed by atoms with E-state index in [1.807, 2.05) is 24.3 Å². The Balaban J connectivity index is 2.04. The molecule has 1 N–H and O–H groups in total. The summed E-state index contributed by atoms with van der Waals surface area (Å²) in [5.41, 5.74) is 3.95. The molecule has 0 aliphatic heterocycles. The van der Waals surface area contributed by atoms with E-state index in [1.165, 1.54) is 24.4 Å². The molecule has 0 unspecified atom stereocenters. The second kappa shape index (κ2) is 6.95. The second-order valence-electron chi connectivity index (χ2n) is 4.51. The molecule has 0 atom stereocenters. The zero-order valence-corrected chi connectivity index (χ0v) is 13.2. The van der Waals surface area contributed by atoms with Crippen LogP contribution in [0.5, 0.6) is 0 Å². The number of rotatable bonds is 4. The van der Waals surface area contributed by atoms with Crippen molar-refractivity contribution in [1.82, 2.24) is 5.43 Å². The van der Waals surface area contributed by atoms with Gasteiger partial charge in [0.25, 0.3) is 11.6 Å². The zero-order chi connectivity index (χ0) is 16.1. The summed E-state index contributed by atoms with van der Waals surface area (Å²) in [6.07, 6.45) is 1.52. The van der Waals surface area contributed by atoms with Crippen LogP contribution in [0.25, 0.3) is 0 Å². The molecule has 0 bridgehead atoms. The van der Waals surface area contributed by atoms with Crippen LogP contribution in [-0.4, -0.2) is 17.0 Å². The van der Waals surface area contributed by atoms with E-state index in [0.29, 0.717) is 11.1 Å². The topological polar surface area (TPSA) is 84.6 Å². The number of nitrogens with one attached hydrogen (secondary N) is 1. The minimum absolute atomic E-state index is 0.0186. The first kappa shape index (κ1) is 15.8. The lowest BCUT2D eigenvalue weighted by Gasteiger charge is -2.02. The monoisotopic (exact) mass is 361 g/mol. The van der Waals surface area contributed by atoms with Gasteiger partial charge in [0.1, 0.15) is 0 Å². The molecule has 22 heavy (non-hydrogen) atoms. The van der Waals surface area contributed by atoms with E-state index in [2.05, 4.69) is 26.5 Å². The Morgan fingerprint density at radius 2 is 1.95 bits per heavy atom. The van der Waals surface area contributed by atoms with Gasteiger partial charge in [-0.1, -0.05) is 28.1 Å². The number of aryl methyl sites for hydroxylation is 1. The highest BCUT2D eigenvalue weighted by atomic mass is 79.9. The summed E-state index contributed by atoms with van der Waals surface area (Å²) in [5, 5.41) is 14.6. The maximum Gasteiger partial charge on any atom is 0.272 e. The summed E-state index contributed by atoms with van der Waals surface area (Å²) < 4.78 is 0.954. The maximum absolute atomic E-state index is 11.9. The summed E-state index contributed by atoms with van der Waals surface area (Å²) in [7, 11) is 0. The van der Waals surface area contributed by atoms with Gasteiger partial charge in [-0.2, -0.15) is 5.10 Å². The molecular formula is C15H12BrN3O3. The van der Waals surface area contributed by atoms with Crippen molar-refractivity contribution in [2.75, 3.05) is 0 Å². The molecule has 6 nitrogen and oxygen atoms in total. The molecule has 7 heteroatoms. The number of benzene rings is 2. The van der Waals surface area contributed by atoms with Gasteiger partial charge in [-0.05, 0) is 36.8 Å². The Bertz CT molecular complexity index is 742. The molecule has 0 heterocycles. The lowest BCUT2D eigenvalue weighted by molar-refractivity contribution is -0.385. The lowest BCUT2D eigenvalue weighted by atomic mass is 10.1. The first-order valence-electron chi connectivity index (χ1n) is 6.31. The van der Waals surface area contributed by atoms with Crippen LogP contribution in [-0.2, 0) is 0 Å². The number of amides is 1. The van der Waals surface area contributed by atoms with Crippen LogP contribution in [0, 0.1) is 17.0 Å². The van der Waals surface area contributed by atoms with E-state index in [4.69, 9.17) is 0 Å². The van der Waals surface area contributed by atoms with Crippen molar-refractivity contribution in [3.8, 4) is 0 Å². The summed E-state index contributed by atoms with van der Waals surface area (Å²) >= 11 is 3.33. The van der Waals surface area contributed by atoms with Gasteiger partial charge in [0.05, 0.1) is 11.1 Å². The smallest absolute Gasteiger partial charge is 0.267 e. The van der Waals surface area contributed by atoms with Crippen LogP contribution in [0.3, 0.4) is 0 Å². The molecule has 2 aromatic carbocycles. The molecule has 2 rings (SSSR count). The third-order valence-corrected chi connectivity index (χ3v) is 3.43. The van der Waals surface area contributed by atoms with E-state index in [0.717, 1.165) is 10.0 Å². The Morgan fingerprint density at radius 3 is 2.55 bits per heavy atom. The number of carbonyl (C=O) groups excluding carboxylic acids is 1. The molecule has 0 aromatic heterocycles. The first-order chi connectivity index (χ1) is 10.5. The van der Waals surface area contributed by atoms with Gasteiger partial charge in [-0.15, -0.1) is 0 Å². The molecular weight excluding hydrogens is 350 g/mol. The minimum Gasteiger partial charge on any atom is -0.267 e. The average molecular weight is 362 g/mol. The summed E-state index contributed by atoms with van der Waals surface area (Å²) in [5.74, 6) is -0.425. The number of hydrogen-bond acceptors (Lipinski definition) is 4. The maximum atomic E-state index is 11.9. The van der Waals surface area contributed by atoms with Gasteiger partial charge in [-0.25, -0.2) is 5.43 Å². The molecule has 0 aliphatic rings. The Hall–Kier alpha value is -2.54. The molecule has 1 amide bonds. The van der Waals surface area contributed by atoms with Crippen LogP contribution in [0.2, 0.25) is 0 Å². The normalized spacial score (nSPS) is 10.6. The number of hydrogen-bond donors (Lipinski definition) is 1. The number of nitro benzene ring substituents is 1. The first-order valence-corrected chi connectivity index (χ1v) is 7.10. The van der Waals surface area contributed by atoms with E-state index in [1.54, 1.807) is 6.92 Å². The van der Waals surface area contributed by atoms with E-state index in [-0.39, 0.29) is 5.69 Å². The number of carbonyl (C=O) groups is 1. The third kappa shape index (κ3) is 3.98. The SMILES string of the molecule is Cc1cc(C(=O)N/N=C/c2ccc(Br)cc2)ccc1[N+](=O)[O-]. The fourth-order valence-electron chi connectivity index (χ4n) is 1.78. The molecule has 0 saturated carbocycles. The van der Waals surface area contributed by atoms with Crippen molar-refractivity contribution in [3.63, 3.8) is 0 Å². The lowest BCUT2D eigenvalue weighted by Crippen LogP contribution is -2.17. The molecule has 0 spiro atoms. The van der Waals surface area contributed by atoms with E-state index < -0.39 is 10.8 Å². The van der Waals surface area contributed by atoms with E-state index in [9.17, 15) is 14.9 Å². The van der Waals surface area contributed by atoms with Crippen molar-refractivity contribution >= 4 is 33.7 Å². The highest BCUT2D eigenvalue weighted by molar-refractivity contribution is 9.10. The molecule has 112 valence electrons. The number of nitrogens with zero attached hydrogens (tertiary/aromatic N) is 2. The van der Waals surface area contributed by atoms with Gasteiger partial charge < -0.3 is 0 Å². The number of hydrazone groups is 1. The molecule has 0 radical (unpaired) electrons. The highest BCUT2D eigenvalue weighted by Crippen LogP contribution is 2.18. The predicted octanol–water partition coefficient (Wildman–Crippen LogP) is 3.43. The van der Waals surface area contributed by atoms with Gasteiger partial charge >= 0.3 is 0 Å². The Labute approximate surface area is 135 Å². The zero-order valence-electron chi connectivity index (χ0n) is 11.6. The summed E-state index contributed by atoms with van der Waals surface area (Å²) in [6.45, 7) is 1.58. The Morgan fingerprint density at radius 1 is 1.27 bits per heavy atom. The largest absolute Gasteiger partial charge is 0.272 e. The molecule has 0 saturated heterocycles. The number of halogens is 1. The van der Waals surface area contributed by atoms with Crippen LogP contribution in [0.1, 0.15) is 21.5 Å². The standard InChI is InChI=1S/C15H12BrN3O3/c1-10-8-12(4-7-14(10)19(21)22)15(20)18-17-9-11-2-5-13(16)6-3-11/h2-9H,1H3,(H,18,20)/b17-9+. The Kier molecular flexibility index (Phi) is 5.00. The van der Waals surface area contributed by atoms with Crippen LogP contribution in [0.4, 0.5) is 5.69 Å². The van der Waals surface area contributed by atoms with Gasteiger partial charge in [0, 0.05) is 21.7 Å². The minimum atomic E-state index is -0.483. The van der Waals surface area contributed by atoms with Gasteiger partial charge in [0.15, 0.2) is 0 Å². The summed E-state index contributed by atoms with van der Waals surface area (Å²) in [4.78, 5) is 22.2. The fourth-order valence-corrected chi connectivity index (χ4v) is 2.04. The van der Waals surface area contributed by atoms with Crippen molar-refractivity contribution < 1.29 is 9.72 Å². The van der Waals surface area contributed by atoms with Crippen molar-refractivity contribution in [3.05, 3.63) is 73.7 Å². The molecule has 0 fully saturated rings. The quantitative estimate of drug-likeness (QED) is 0.514. The van der Waals surface area contributed by atoms with E-state index >= 15 is 0 Å².